The number of amides is 1. The number of carbonyl (C=O) groups excluding carboxylic acids is 1. The lowest BCUT2D eigenvalue weighted by atomic mass is 10.1. The fourth-order valence-corrected chi connectivity index (χ4v) is 5.21. The van der Waals surface area contributed by atoms with Crippen LogP contribution in [0.15, 0.2) is 85.3 Å². The standard InChI is InChI=1S/C31H31N7O3/c1-40-27-11-7-6-8-23(27)19-32-31(39)22-12-13-28(41-2)26(18-22)36-14-16-37(17-15-36)29-25-20-35-38(30(25)34-21-33-29)24-9-4-3-5-10-24/h3-13,18,20-21H,14-17,19H2,1-2H3,(H,32,39). The zero-order valence-electron chi connectivity index (χ0n) is 23.0. The van der Waals surface area contributed by atoms with Gasteiger partial charge in [-0.1, -0.05) is 36.4 Å². The second-order valence-corrected chi connectivity index (χ2v) is 9.68. The highest BCUT2D eigenvalue weighted by Gasteiger charge is 2.24. The number of para-hydroxylation sites is 2. The quantitative estimate of drug-likeness (QED) is 0.309. The van der Waals surface area contributed by atoms with Crippen molar-refractivity contribution in [2.24, 2.45) is 0 Å². The SMILES string of the molecule is COc1ccccc1CNC(=O)c1ccc(OC)c(N2CCN(c3ncnc4c3cnn4-c3ccccc3)CC2)c1. The molecule has 3 heterocycles. The van der Waals surface area contributed by atoms with E-state index >= 15 is 0 Å². The lowest BCUT2D eigenvalue weighted by molar-refractivity contribution is 0.0950. The van der Waals surface area contributed by atoms with Gasteiger partial charge in [0, 0.05) is 43.9 Å². The zero-order valence-corrected chi connectivity index (χ0v) is 23.0. The first-order valence-corrected chi connectivity index (χ1v) is 13.5. The molecule has 0 aliphatic carbocycles. The average Bonchev–Trinajstić information content (AvgIpc) is 3.48. The number of rotatable bonds is 8. The maximum atomic E-state index is 13.1. The molecule has 1 fully saturated rings. The van der Waals surface area contributed by atoms with Gasteiger partial charge in [0.1, 0.15) is 23.6 Å². The first kappa shape index (κ1) is 26.1. The molecule has 0 saturated carbocycles. The van der Waals surface area contributed by atoms with Crippen LogP contribution in [0.1, 0.15) is 15.9 Å². The van der Waals surface area contributed by atoms with Gasteiger partial charge in [0.2, 0.25) is 0 Å². The van der Waals surface area contributed by atoms with E-state index in [-0.39, 0.29) is 5.91 Å². The molecule has 41 heavy (non-hydrogen) atoms. The fourth-order valence-electron chi connectivity index (χ4n) is 5.21. The smallest absolute Gasteiger partial charge is 0.251 e. The predicted octanol–water partition coefficient (Wildman–Crippen LogP) is 4.09. The number of fused-ring (bicyclic) bond motifs is 1. The summed E-state index contributed by atoms with van der Waals surface area (Å²) in [5.41, 5.74) is 4.11. The number of hydrogen-bond donors (Lipinski definition) is 1. The Morgan fingerprint density at radius 1 is 0.854 bits per heavy atom. The number of carbonyl (C=O) groups is 1. The fraction of sp³-hybridized carbons (Fsp3) is 0.226. The van der Waals surface area contributed by atoms with Crippen LogP contribution < -0.4 is 24.6 Å². The van der Waals surface area contributed by atoms with E-state index in [1.807, 2.05) is 77.6 Å². The summed E-state index contributed by atoms with van der Waals surface area (Å²) in [5.74, 6) is 2.19. The third kappa shape index (κ3) is 5.23. The molecule has 3 aromatic carbocycles. The van der Waals surface area contributed by atoms with Crippen LogP contribution >= 0.6 is 0 Å². The molecule has 208 valence electrons. The molecule has 1 aliphatic heterocycles. The summed E-state index contributed by atoms with van der Waals surface area (Å²) in [6, 6.07) is 23.2. The Labute approximate surface area is 238 Å². The molecule has 0 bridgehead atoms. The first-order valence-electron chi connectivity index (χ1n) is 13.5. The number of ether oxygens (including phenoxy) is 2. The van der Waals surface area contributed by atoms with Gasteiger partial charge in [-0.15, -0.1) is 0 Å². The van der Waals surface area contributed by atoms with Gasteiger partial charge < -0.3 is 24.6 Å². The number of nitrogens with one attached hydrogen (secondary N) is 1. The molecule has 5 aromatic rings. The number of anilines is 2. The van der Waals surface area contributed by atoms with Crippen molar-refractivity contribution in [3.63, 3.8) is 0 Å². The highest BCUT2D eigenvalue weighted by atomic mass is 16.5. The Morgan fingerprint density at radius 2 is 1.59 bits per heavy atom. The van der Waals surface area contributed by atoms with Crippen LogP contribution in [0, 0.1) is 0 Å². The van der Waals surface area contributed by atoms with Gasteiger partial charge >= 0.3 is 0 Å². The van der Waals surface area contributed by atoms with Crippen LogP contribution in [0.3, 0.4) is 0 Å². The second-order valence-electron chi connectivity index (χ2n) is 9.68. The molecule has 1 N–H and O–H groups in total. The van der Waals surface area contributed by atoms with E-state index in [1.165, 1.54) is 0 Å². The summed E-state index contributed by atoms with van der Waals surface area (Å²) in [5, 5.41) is 8.51. The number of hydrogen-bond acceptors (Lipinski definition) is 8. The van der Waals surface area contributed by atoms with E-state index in [9.17, 15) is 4.79 Å². The molecule has 1 aliphatic rings. The molecular formula is C31H31N7O3. The minimum Gasteiger partial charge on any atom is -0.496 e. The first-order chi connectivity index (χ1) is 20.2. The van der Waals surface area contributed by atoms with Crippen molar-refractivity contribution in [2.45, 2.75) is 6.54 Å². The highest BCUT2D eigenvalue weighted by molar-refractivity contribution is 5.95. The van der Waals surface area contributed by atoms with Crippen molar-refractivity contribution < 1.29 is 14.3 Å². The Kier molecular flexibility index (Phi) is 7.36. The summed E-state index contributed by atoms with van der Waals surface area (Å²) in [6.07, 6.45) is 3.43. The summed E-state index contributed by atoms with van der Waals surface area (Å²) in [7, 11) is 3.28. The van der Waals surface area contributed by atoms with Crippen molar-refractivity contribution in [1.82, 2.24) is 25.1 Å². The molecule has 2 aromatic heterocycles. The lowest BCUT2D eigenvalue weighted by Crippen LogP contribution is -2.47. The number of aromatic nitrogens is 4. The largest absolute Gasteiger partial charge is 0.496 e. The van der Waals surface area contributed by atoms with E-state index in [0.29, 0.717) is 12.1 Å². The summed E-state index contributed by atoms with van der Waals surface area (Å²) in [4.78, 5) is 26.7. The Bertz CT molecular complexity index is 1660. The topological polar surface area (TPSA) is 97.6 Å². The van der Waals surface area contributed by atoms with Gasteiger partial charge in [-0.3, -0.25) is 4.79 Å². The van der Waals surface area contributed by atoms with Crippen LogP contribution in [-0.2, 0) is 6.54 Å². The molecular weight excluding hydrogens is 518 g/mol. The Morgan fingerprint density at radius 3 is 2.37 bits per heavy atom. The molecule has 6 rings (SSSR count). The van der Waals surface area contributed by atoms with E-state index in [2.05, 4.69) is 30.2 Å². The predicted molar refractivity (Wildman–Crippen MR) is 158 cm³/mol. The minimum atomic E-state index is -0.155. The van der Waals surface area contributed by atoms with Crippen LogP contribution in [0.25, 0.3) is 16.7 Å². The van der Waals surface area contributed by atoms with Crippen LogP contribution in [0.4, 0.5) is 11.5 Å². The molecule has 0 spiro atoms. The molecule has 0 radical (unpaired) electrons. The maximum Gasteiger partial charge on any atom is 0.251 e. The molecule has 10 nitrogen and oxygen atoms in total. The number of piperazine rings is 1. The molecule has 0 atom stereocenters. The lowest BCUT2D eigenvalue weighted by Gasteiger charge is -2.37. The van der Waals surface area contributed by atoms with Gasteiger partial charge in [0.25, 0.3) is 5.91 Å². The van der Waals surface area contributed by atoms with Crippen molar-refractivity contribution in [2.75, 3.05) is 50.2 Å². The van der Waals surface area contributed by atoms with Crippen LogP contribution in [-0.4, -0.2) is 66.1 Å². The van der Waals surface area contributed by atoms with Gasteiger partial charge in [0.05, 0.1) is 37.2 Å². The van der Waals surface area contributed by atoms with Gasteiger partial charge in [-0.2, -0.15) is 5.10 Å². The van der Waals surface area contributed by atoms with E-state index in [1.54, 1.807) is 26.6 Å². The van der Waals surface area contributed by atoms with Crippen molar-refractivity contribution >= 4 is 28.4 Å². The van der Waals surface area contributed by atoms with E-state index < -0.39 is 0 Å². The Balaban J connectivity index is 1.17. The monoisotopic (exact) mass is 549 g/mol. The van der Waals surface area contributed by atoms with Crippen LogP contribution in [0.5, 0.6) is 11.5 Å². The molecule has 1 amide bonds. The molecule has 1 saturated heterocycles. The third-order valence-electron chi connectivity index (χ3n) is 7.34. The number of benzene rings is 3. The van der Waals surface area contributed by atoms with Crippen molar-refractivity contribution in [3.8, 4) is 17.2 Å². The Hall–Kier alpha value is -5.12. The van der Waals surface area contributed by atoms with Gasteiger partial charge in [-0.25, -0.2) is 14.6 Å². The number of methoxy groups -OCH3 is 2. The summed E-state index contributed by atoms with van der Waals surface area (Å²) < 4.78 is 12.9. The summed E-state index contributed by atoms with van der Waals surface area (Å²) >= 11 is 0. The summed E-state index contributed by atoms with van der Waals surface area (Å²) in [6.45, 7) is 3.34. The highest BCUT2D eigenvalue weighted by Crippen LogP contribution is 2.32. The van der Waals surface area contributed by atoms with Crippen molar-refractivity contribution in [1.29, 1.82) is 0 Å². The third-order valence-corrected chi connectivity index (χ3v) is 7.34. The number of nitrogens with zero attached hydrogens (tertiary/aromatic N) is 6. The normalized spacial score (nSPS) is 13.3. The van der Waals surface area contributed by atoms with E-state index in [4.69, 9.17) is 9.47 Å². The molecule has 10 heteroatoms. The van der Waals surface area contributed by atoms with Crippen LogP contribution in [0.2, 0.25) is 0 Å². The minimum absolute atomic E-state index is 0.155. The van der Waals surface area contributed by atoms with Gasteiger partial charge in [-0.05, 0) is 36.4 Å². The zero-order chi connectivity index (χ0) is 28.2. The van der Waals surface area contributed by atoms with Crippen molar-refractivity contribution in [3.05, 3.63) is 96.4 Å². The average molecular weight is 550 g/mol. The molecule has 0 unspecified atom stereocenters. The second kappa shape index (κ2) is 11.5. The maximum absolute atomic E-state index is 13.1. The van der Waals surface area contributed by atoms with Gasteiger partial charge in [0.15, 0.2) is 5.65 Å². The van der Waals surface area contributed by atoms with E-state index in [0.717, 1.165) is 71.5 Å².